The zero-order chi connectivity index (χ0) is 20.6. The third-order valence-electron chi connectivity index (χ3n) is 7.86. The molecule has 2 nitrogen and oxygen atoms in total. The van der Waals surface area contributed by atoms with Crippen molar-refractivity contribution in [2.45, 2.75) is 71.1 Å². The van der Waals surface area contributed by atoms with Crippen molar-refractivity contribution >= 4 is 5.91 Å². The molecule has 29 heavy (non-hydrogen) atoms. The number of benzene rings is 2. The minimum Gasteiger partial charge on any atom is -0.351 e. The van der Waals surface area contributed by atoms with Crippen LogP contribution in [0.25, 0.3) is 0 Å². The summed E-state index contributed by atoms with van der Waals surface area (Å²) in [5, 5.41) is 3.27. The van der Waals surface area contributed by atoms with Crippen molar-refractivity contribution < 1.29 is 4.79 Å². The molecule has 3 atom stereocenters. The Balaban J connectivity index is 1.57. The van der Waals surface area contributed by atoms with E-state index in [4.69, 9.17) is 0 Å². The van der Waals surface area contributed by atoms with Crippen molar-refractivity contribution in [3.8, 4) is 0 Å². The van der Waals surface area contributed by atoms with Gasteiger partial charge in [-0.1, -0.05) is 70.5 Å². The summed E-state index contributed by atoms with van der Waals surface area (Å²) in [6.45, 7) is 10.2. The summed E-state index contributed by atoms with van der Waals surface area (Å²) in [4.78, 5) is 12.7. The molecular formula is C27H35NO. The van der Waals surface area contributed by atoms with Crippen LogP contribution in [0.4, 0.5) is 0 Å². The lowest BCUT2D eigenvalue weighted by Crippen LogP contribution is -2.53. The van der Waals surface area contributed by atoms with E-state index in [2.05, 4.69) is 51.2 Å². The Labute approximate surface area is 176 Å². The van der Waals surface area contributed by atoms with Gasteiger partial charge in [0.05, 0.1) is 0 Å². The Morgan fingerprint density at radius 3 is 2.59 bits per heavy atom. The van der Waals surface area contributed by atoms with Crippen molar-refractivity contribution in [1.82, 2.24) is 5.32 Å². The number of amides is 1. The quantitative estimate of drug-likeness (QED) is 0.658. The summed E-state index contributed by atoms with van der Waals surface area (Å²) in [7, 11) is 0. The SMILES string of the molecule is CC(C)c1ccc2c(c1)CC[C@H]1[C@](C)(CNC(=O)c3ccccc3)CCC[C@]21C. The first-order chi connectivity index (χ1) is 13.8. The van der Waals surface area contributed by atoms with Gasteiger partial charge < -0.3 is 5.32 Å². The van der Waals surface area contributed by atoms with Gasteiger partial charge in [-0.3, -0.25) is 4.79 Å². The van der Waals surface area contributed by atoms with Gasteiger partial charge in [0.15, 0.2) is 0 Å². The van der Waals surface area contributed by atoms with Crippen molar-refractivity contribution in [3.63, 3.8) is 0 Å². The van der Waals surface area contributed by atoms with Crippen molar-refractivity contribution in [2.75, 3.05) is 6.54 Å². The second-order valence-corrected chi connectivity index (χ2v) is 10.1. The van der Waals surface area contributed by atoms with Crippen LogP contribution in [0.15, 0.2) is 48.5 Å². The third-order valence-corrected chi connectivity index (χ3v) is 7.86. The molecule has 1 amide bonds. The first kappa shape index (κ1) is 20.2. The maximum absolute atomic E-state index is 12.7. The van der Waals surface area contributed by atoms with Crippen LogP contribution in [0.1, 0.15) is 86.3 Å². The molecule has 0 radical (unpaired) electrons. The summed E-state index contributed by atoms with van der Waals surface area (Å²) in [6, 6.07) is 16.8. The van der Waals surface area contributed by atoms with E-state index in [0.717, 1.165) is 12.1 Å². The van der Waals surface area contributed by atoms with Gasteiger partial charge >= 0.3 is 0 Å². The van der Waals surface area contributed by atoms with Gasteiger partial charge in [0.2, 0.25) is 0 Å². The average Bonchev–Trinajstić information content (AvgIpc) is 2.72. The van der Waals surface area contributed by atoms with E-state index in [9.17, 15) is 4.79 Å². The molecule has 2 aliphatic rings. The van der Waals surface area contributed by atoms with Gasteiger partial charge in [-0.2, -0.15) is 0 Å². The molecule has 0 saturated heterocycles. The molecule has 1 saturated carbocycles. The predicted molar refractivity (Wildman–Crippen MR) is 120 cm³/mol. The molecule has 4 rings (SSSR count). The lowest BCUT2D eigenvalue weighted by atomic mass is 9.49. The molecule has 154 valence electrons. The Morgan fingerprint density at radius 2 is 1.86 bits per heavy atom. The zero-order valence-corrected chi connectivity index (χ0v) is 18.4. The Hall–Kier alpha value is -2.09. The Morgan fingerprint density at radius 1 is 1.10 bits per heavy atom. The predicted octanol–water partition coefficient (Wildman–Crippen LogP) is 6.25. The van der Waals surface area contributed by atoms with Crippen LogP contribution in [0.5, 0.6) is 0 Å². The van der Waals surface area contributed by atoms with E-state index in [-0.39, 0.29) is 16.7 Å². The van der Waals surface area contributed by atoms with Crippen molar-refractivity contribution in [2.24, 2.45) is 11.3 Å². The van der Waals surface area contributed by atoms with Gasteiger partial charge in [-0.25, -0.2) is 0 Å². The highest BCUT2D eigenvalue weighted by Gasteiger charge is 2.51. The fraction of sp³-hybridized carbons (Fsp3) is 0.519. The number of hydrogen-bond donors (Lipinski definition) is 1. The second kappa shape index (κ2) is 7.63. The summed E-state index contributed by atoms with van der Waals surface area (Å²) < 4.78 is 0. The van der Waals surface area contributed by atoms with E-state index < -0.39 is 0 Å². The highest BCUT2D eigenvalue weighted by atomic mass is 16.1. The highest BCUT2D eigenvalue weighted by Crippen LogP contribution is 2.57. The summed E-state index contributed by atoms with van der Waals surface area (Å²) in [6.07, 6.45) is 6.08. The molecule has 0 aliphatic heterocycles. The molecule has 0 aromatic heterocycles. The van der Waals surface area contributed by atoms with Crippen LogP contribution in [0.2, 0.25) is 0 Å². The van der Waals surface area contributed by atoms with Crippen LogP contribution in [0, 0.1) is 11.3 Å². The average molecular weight is 390 g/mol. The van der Waals surface area contributed by atoms with E-state index in [0.29, 0.717) is 11.8 Å². The molecular weight excluding hydrogens is 354 g/mol. The summed E-state index contributed by atoms with van der Waals surface area (Å²) in [5.74, 6) is 1.24. The fourth-order valence-corrected chi connectivity index (χ4v) is 6.19. The number of fused-ring (bicyclic) bond motifs is 3. The van der Waals surface area contributed by atoms with Crippen LogP contribution in [-0.4, -0.2) is 12.5 Å². The minimum absolute atomic E-state index is 0.0527. The van der Waals surface area contributed by atoms with Crippen LogP contribution >= 0.6 is 0 Å². The largest absolute Gasteiger partial charge is 0.351 e. The van der Waals surface area contributed by atoms with Gasteiger partial charge in [0, 0.05) is 12.1 Å². The zero-order valence-electron chi connectivity index (χ0n) is 18.4. The Kier molecular flexibility index (Phi) is 5.31. The first-order valence-electron chi connectivity index (χ1n) is 11.3. The molecule has 1 fully saturated rings. The number of rotatable bonds is 4. The lowest BCUT2D eigenvalue weighted by molar-refractivity contribution is 0.0254. The van der Waals surface area contributed by atoms with Gasteiger partial charge in [-0.15, -0.1) is 0 Å². The van der Waals surface area contributed by atoms with Crippen LogP contribution in [-0.2, 0) is 11.8 Å². The van der Waals surface area contributed by atoms with Crippen LogP contribution in [0.3, 0.4) is 0 Å². The van der Waals surface area contributed by atoms with Gasteiger partial charge in [0.25, 0.3) is 5.91 Å². The van der Waals surface area contributed by atoms with E-state index in [1.807, 2.05) is 30.3 Å². The number of aryl methyl sites for hydroxylation is 1. The maximum Gasteiger partial charge on any atom is 0.251 e. The normalized spacial score (nSPS) is 28.5. The molecule has 1 N–H and O–H groups in total. The third kappa shape index (κ3) is 3.63. The summed E-state index contributed by atoms with van der Waals surface area (Å²) in [5.41, 5.74) is 5.70. The number of carbonyl (C=O) groups is 1. The highest BCUT2D eigenvalue weighted by molar-refractivity contribution is 5.94. The smallest absolute Gasteiger partial charge is 0.251 e. The van der Waals surface area contributed by atoms with E-state index in [1.165, 1.54) is 37.7 Å². The fourth-order valence-electron chi connectivity index (χ4n) is 6.19. The monoisotopic (exact) mass is 389 g/mol. The number of hydrogen-bond acceptors (Lipinski definition) is 1. The van der Waals surface area contributed by atoms with Gasteiger partial charge in [0.1, 0.15) is 0 Å². The van der Waals surface area contributed by atoms with E-state index >= 15 is 0 Å². The first-order valence-corrected chi connectivity index (χ1v) is 11.3. The topological polar surface area (TPSA) is 29.1 Å². The van der Waals surface area contributed by atoms with Crippen molar-refractivity contribution in [1.29, 1.82) is 0 Å². The molecule has 0 unspecified atom stereocenters. The molecule has 2 heteroatoms. The van der Waals surface area contributed by atoms with Crippen molar-refractivity contribution in [3.05, 3.63) is 70.8 Å². The minimum atomic E-state index is 0.0527. The Bertz CT molecular complexity index is 887. The molecule has 0 bridgehead atoms. The summed E-state index contributed by atoms with van der Waals surface area (Å²) >= 11 is 0. The number of nitrogens with one attached hydrogen (secondary N) is 1. The molecule has 2 aliphatic carbocycles. The number of carbonyl (C=O) groups excluding carboxylic acids is 1. The molecule has 0 heterocycles. The standard InChI is InChI=1S/C27H35NO/c1-19(2)21-11-13-23-22(17-21)12-14-24-26(3,15-8-16-27(23,24)4)18-28-25(29)20-9-6-5-7-10-20/h5-7,9-11,13,17,19,24H,8,12,14-16,18H2,1-4H3,(H,28,29)/t24-,26-,27+/m0/s1. The maximum atomic E-state index is 12.7. The molecule has 2 aromatic carbocycles. The van der Waals surface area contributed by atoms with E-state index in [1.54, 1.807) is 11.1 Å². The van der Waals surface area contributed by atoms with Gasteiger partial charge in [-0.05, 0) is 77.2 Å². The molecule has 0 spiro atoms. The van der Waals surface area contributed by atoms with Crippen LogP contribution < -0.4 is 5.32 Å². The second-order valence-electron chi connectivity index (χ2n) is 10.1. The molecule has 2 aromatic rings. The lowest BCUT2D eigenvalue weighted by Gasteiger charge is -2.55.